The summed E-state index contributed by atoms with van der Waals surface area (Å²) in [6, 6.07) is 3.30. The lowest BCUT2D eigenvalue weighted by Crippen LogP contribution is -3.12. The Hall–Kier alpha value is -1.16. The van der Waals surface area contributed by atoms with Gasteiger partial charge < -0.3 is 9.80 Å². The number of hydrogen-bond donors (Lipinski definition) is 1. The van der Waals surface area contributed by atoms with Crippen molar-refractivity contribution < 1.29 is 18.1 Å². The van der Waals surface area contributed by atoms with Gasteiger partial charge in [-0.1, -0.05) is 11.8 Å². The predicted molar refractivity (Wildman–Crippen MR) is 101 cm³/mol. The first kappa shape index (κ1) is 19.6. The van der Waals surface area contributed by atoms with Gasteiger partial charge in [-0.15, -0.1) is 0 Å². The summed E-state index contributed by atoms with van der Waals surface area (Å²) < 4.78 is 27.0. The summed E-state index contributed by atoms with van der Waals surface area (Å²) in [4.78, 5) is 20.1. The number of hydrogen-bond acceptors (Lipinski definition) is 5. The Morgan fingerprint density at radius 3 is 2.42 bits per heavy atom. The van der Waals surface area contributed by atoms with Crippen LogP contribution in [0.25, 0.3) is 0 Å². The highest BCUT2D eigenvalue weighted by Gasteiger charge is 2.29. The van der Waals surface area contributed by atoms with E-state index in [4.69, 9.17) is 0 Å². The quantitative estimate of drug-likeness (QED) is 0.689. The van der Waals surface area contributed by atoms with Crippen molar-refractivity contribution in [3.63, 3.8) is 0 Å². The highest BCUT2D eigenvalue weighted by Crippen LogP contribution is 2.25. The number of sulfonamides is 1. The van der Waals surface area contributed by atoms with Gasteiger partial charge in [0.15, 0.2) is 0 Å². The van der Waals surface area contributed by atoms with E-state index in [-0.39, 0.29) is 16.1 Å². The zero-order valence-electron chi connectivity index (χ0n) is 15.3. The number of nitrogens with zero attached hydrogens (tertiary/aromatic N) is 3. The SMILES string of the molecule is C[C@H](Sc1ccc(S(=O)(=O)N2CC[NH+](C)CC2)cn1)C(=O)N1CCCC1. The van der Waals surface area contributed by atoms with Crippen LogP contribution in [-0.4, -0.2) is 80.1 Å². The van der Waals surface area contributed by atoms with Crippen molar-refractivity contribution in [3.8, 4) is 0 Å². The van der Waals surface area contributed by atoms with Crippen LogP contribution in [0.15, 0.2) is 28.3 Å². The average Bonchev–Trinajstić information content (AvgIpc) is 3.16. The molecule has 1 atom stereocenters. The van der Waals surface area contributed by atoms with Crippen molar-refractivity contribution >= 4 is 27.7 Å². The van der Waals surface area contributed by atoms with E-state index in [2.05, 4.69) is 12.0 Å². The van der Waals surface area contributed by atoms with Crippen LogP contribution in [0.4, 0.5) is 0 Å². The first-order valence-electron chi connectivity index (χ1n) is 9.11. The van der Waals surface area contributed by atoms with Crippen molar-refractivity contribution in [2.75, 3.05) is 46.3 Å². The van der Waals surface area contributed by atoms with Gasteiger partial charge >= 0.3 is 0 Å². The Balaban J connectivity index is 1.63. The molecule has 2 aliphatic rings. The smallest absolute Gasteiger partial charge is 0.245 e. The number of amides is 1. The number of quaternary nitrogens is 1. The van der Waals surface area contributed by atoms with E-state index >= 15 is 0 Å². The van der Waals surface area contributed by atoms with Crippen LogP contribution in [-0.2, 0) is 14.8 Å². The number of carbonyl (C=O) groups excluding carboxylic acids is 1. The summed E-state index contributed by atoms with van der Waals surface area (Å²) in [6.07, 6.45) is 3.55. The molecule has 3 heterocycles. The van der Waals surface area contributed by atoms with E-state index in [0.29, 0.717) is 18.1 Å². The van der Waals surface area contributed by atoms with E-state index in [1.54, 1.807) is 12.1 Å². The first-order chi connectivity index (χ1) is 12.4. The summed E-state index contributed by atoms with van der Waals surface area (Å²) >= 11 is 1.38. The molecule has 0 bridgehead atoms. The van der Waals surface area contributed by atoms with Gasteiger partial charge in [0.1, 0.15) is 4.90 Å². The Kier molecular flexibility index (Phi) is 6.21. The molecule has 2 saturated heterocycles. The number of piperazine rings is 1. The standard InChI is InChI=1S/C17H26N4O3S2/c1-14(17(22)20-7-3-4-8-20)25-16-6-5-15(13-18-16)26(23,24)21-11-9-19(2)10-12-21/h5-6,13-14H,3-4,7-12H2,1-2H3/p+1/t14-/m0/s1. The van der Waals surface area contributed by atoms with Crippen LogP contribution in [0.2, 0.25) is 0 Å². The van der Waals surface area contributed by atoms with Crippen LogP contribution in [0.3, 0.4) is 0 Å². The molecule has 1 aromatic heterocycles. The molecule has 2 aliphatic heterocycles. The molecule has 0 aromatic carbocycles. The number of likely N-dealkylation sites (N-methyl/N-ethyl adjacent to an activating group) is 1. The fraction of sp³-hybridized carbons (Fsp3) is 0.647. The Labute approximate surface area is 159 Å². The van der Waals surface area contributed by atoms with Gasteiger partial charge in [0.2, 0.25) is 15.9 Å². The number of pyridine rings is 1. The third kappa shape index (κ3) is 4.39. The Bertz CT molecular complexity index is 725. The molecule has 3 rings (SSSR count). The maximum Gasteiger partial charge on any atom is 0.245 e. The van der Waals surface area contributed by atoms with E-state index in [0.717, 1.165) is 39.0 Å². The average molecular weight is 400 g/mol. The normalized spacial score (nSPS) is 21.1. The molecule has 1 N–H and O–H groups in total. The number of nitrogens with one attached hydrogen (secondary N) is 1. The minimum atomic E-state index is -3.49. The molecule has 7 nitrogen and oxygen atoms in total. The van der Waals surface area contributed by atoms with Crippen molar-refractivity contribution in [3.05, 3.63) is 18.3 Å². The largest absolute Gasteiger partial charge is 0.342 e. The monoisotopic (exact) mass is 399 g/mol. The maximum atomic E-state index is 12.7. The van der Waals surface area contributed by atoms with E-state index < -0.39 is 10.0 Å². The minimum absolute atomic E-state index is 0.130. The number of likely N-dealkylation sites (tertiary alicyclic amines) is 1. The summed E-state index contributed by atoms with van der Waals surface area (Å²) in [7, 11) is -1.42. The first-order valence-corrected chi connectivity index (χ1v) is 11.4. The summed E-state index contributed by atoms with van der Waals surface area (Å²) in [5.74, 6) is 0.130. The van der Waals surface area contributed by atoms with Crippen molar-refractivity contribution in [2.45, 2.75) is 34.9 Å². The second-order valence-corrected chi connectivity index (χ2v) is 10.3. The molecule has 9 heteroatoms. The van der Waals surface area contributed by atoms with Crippen LogP contribution in [0.5, 0.6) is 0 Å². The molecular formula is C17H27N4O3S2+. The Morgan fingerprint density at radius 2 is 1.85 bits per heavy atom. The fourth-order valence-corrected chi connectivity index (χ4v) is 5.53. The van der Waals surface area contributed by atoms with Crippen LogP contribution < -0.4 is 4.90 Å². The van der Waals surface area contributed by atoms with Gasteiger partial charge in [-0.3, -0.25) is 4.79 Å². The summed E-state index contributed by atoms with van der Waals surface area (Å²) in [5.41, 5.74) is 0. The second-order valence-electron chi connectivity index (χ2n) is 6.99. The number of rotatable bonds is 5. The predicted octanol–water partition coefficient (Wildman–Crippen LogP) is -0.296. The van der Waals surface area contributed by atoms with Crippen molar-refractivity contribution in [1.82, 2.24) is 14.2 Å². The highest BCUT2D eigenvalue weighted by molar-refractivity contribution is 8.00. The third-order valence-corrected chi connectivity index (χ3v) is 7.91. The summed E-state index contributed by atoms with van der Waals surface area (Å²) in [5, 5.41) is 0.454. The molecule has 0 spiro atoms. The lowest BCUT2D eigenvalue weighted by molar-refractivity contribution is -0.883. The topological polar surface area (TPSA) is 75.0 Å². The zero-order valence-corrected chi connectivity index (χ0v) is 17.0. The van der Waals surface area contributed by atoms with Gasteiger partial charge in [-0.05, 0) is 31.9 Å². The number of carbonyl (C=O) groups is 1. The van der Waals surface area contributed by atoms with Crippen LogP contribution in [0.1, 0.15) is 19.8 Å². The lowest BCUT2D eigenvalue weighted by Gasteiger charge is -2.29. The third-order valence-electron chi connectivity index (χ3n) is 4.99. The van der Waals surface area contributed by atoms with E-state index in [1.807, 2.05) is 11.8 Å². The van der Waals surface area contributed by atoms with Gasteiger partial charge in [0.25, 0.3) is 0 Å². The molecule has 144 valence electrons. The van der Waals surface area contributed by atoms with Gasteiger partial charge in [-0.25, -0.2) is 13.4 Å². The van der Waals surface area contributed by atoms with Crippen molar-refractivity contribution in [1.29, 1.82) is 0 Å². The summed E-state index contributed by atoms with van der Waals surface area (Å²) in [6.45, 7) is 6.25. The van der Waals surface area contributed by atoms with Gasteiger partial charge in [-0.2, -0.15) is 4.31 Å². The molecule has 1 aromatic rings. The molecule has 0 aliphatic carbocycles. The lowest BCUT2D eigenvalue weighted by atomic mass is 10.4. The second kappa shape index (κ2) is 8.24. The molecular weight excluding hydrogens is 372 g/mol. The molecule has 0 saturated carbocycles. The molecule has 1 amide bonds. The molecule has 2 fully saturated rings. The minimum Gasteiger partial charge on any atom is -0.342 e. The molecule has 0 unspecified atom stereocenters. The van der Waals surface area contributed by atoms with E-state index in [9.17, 15) is 13.2 Å². The van der Waals surface area contributed by atoms with Gasteiger partial charge in [0.05, 0.1) is 43.5 Å². The maximum absolute atomic E-state index is 12.7. The van der Waals surface area contributed by atoms with E-state index in [1.165, 1.54) is 27.2 Å². The number of aromatic nitrogens is 1. The van der Waals surface area contributed by atoms with Crippen molar-refractivity contribution in [2.24, 2.45) is 0 Å². The molecule has 26 heavy (non-hydrogen) atoms. The van der Waals surface area contributed by atoms with Crippen LogP contribution >= 0.6 is 11.8 Å². The fourth-order valence-electron chi connectivity index (χ4n) is 3.27. The number of thioether (sulfide) groups is 1. The Morgan fingerprint density at radius 1 is 1.19 bits per heavy atom. The zero-order chi connectivity index (χ0) is 18.7. The highest BCUT2D eigenvalue weighted by atomic mass is 32.2. The van der Waals surface area contributed by atoms with Crippen LogP contribution in [0, 0.1) is 0 Å². The molecule has 0 radical (unpaired) electrons. The van der Waals surface area contributed by atoms with Gasteiger partial charge in [0, 0.05) is 19.3 Å².